The monoisotopic (exact) mass is 414 g/mol. The van der Waals surface area contributed by atoms with E-state index in [1.54, 1.807) is 19.1 Å². The summed E-state index contributed by atoms with van der Waals surface area (Å²) in [6, 6.07) is 15.8. The van der Waals surface area contributed by atoms with Crippen LogP contribution in [0.5, 0.6) is 0 Å². The Labute approximate surface area is 173 Å². The van der Waals surface area contributed by atoms with Crippen LogP contribution >= 0.6 is 11.8 Å². The summed E-state index contributed by atoms with van der Waals surface area (Å²) >= 11 is 1.44. The van der Waals surface area contributed by atoms with Crippen LogP contribution in [-0.4, -0.2) is 42.9 Å². The SMILES string of the molecule is CCOC(=O)CN1C(=O)C(NC(=O)OCc2ccccc2)CSc2ccccc21. The van der Waals surface area contributed by atoms with Crippen LogP contribution in [0.15, 0.2) is 59.5 Å². The van der Waals surface area contributed by atoms with E-state index in [1.807, 2.05) is 42.5 Å². The molecule has 0 fully saturated rings. The molecular weight excluding hydrogens is 392 g/mol. The molecule has 152 valence electrons. The highest BCUT2D eigenvalue weighted by Crippen LogP contribution is 2.34. The quantitative estimate of drug-likeness (QED) is 0.732. The number of hydrogen-bond acceptors (Lipinski definition) is 6. The van der Waals surface area contributed by atoms with Crippen LogP contribution in [0.2, 0.25) is 0 Å². The van der Waals surface area contributed by atoms with Gasteiger partial charge in [-0.3, -0.25) is 14.5 Å². The molecule has 1 atom stereocenters. The molecule has 7 nitrogen and oxygen atoms in total. The molecule has 0 aromatic heterocycles. The number of nitrogens with zero attached hydrogens (tertiary/aromatic N) is 1. The van der Waals surface area contributed by atoms with Gasteiger partial charge in [-0.05, 0) is 24.6 Å². The molecule has 2 aromatic rings. The second-order valence-electron chi connectivity index (χ2n) is 6.27. The number of amides is 2. The fourth-order valence-electron chi connectivity index (χ4n) is 2.86. The number of benzene rings is 2. The summed E-state index contributed by atoms with van der Waals surface area (Å²) in [5.74, 6) is -0.560. The van der Waals surface area contributed by atoms with Gasteiger partial charge in [0.05, 0.1) is 12.3 Å². The van der Waals surface area contributed by atoms with Gasteiger partial charge in [0.15, 0.2) is 0 Å². The molecule has 0 bridgehead atoms. The average molecular weight is 414 g/mol. The number of ether oxygens (including phenoxy) is 2. The summed E-state index contributed by atoms with van der Waals surface area (Å²) < 4.78 is 10.2. The first-order chi connectivity index (χ1) is 14.1. The predicted octanol–water partition coefficient (Wildman–Crippen LogP) is 2.98. The Morgan fingerprint density at radius 1 is 1.10 bits per heavy atom. The van der Waals surface area contributed by atoms with Crippen molar-refractivity contribution in [3.63, 3.8) is 0 Å². The lowest BCUT2D eigenvalue weighted by atomic mass is 10.2. The molecule has 1 unspecified atom stereocenters. The van der Waals surface area contributed by atoms with Crippen molar-refractivity contribution >= 4 is 35.4 Å². The van der Waals surface area contributed by atoms with E-state index in [4.69, 9.17) is 9.47 Å². The van der Waals surface area contributed by atoms with E-state index in [1.165, 1.54) is 16.7 Å². The lowest BCUT2D eigenvalue weighted by molar-refractivity contribution is -0.142. The fraction of sp³-hybridized carbons (Fsp3) is 0.286. The van der Waals surface area contributed by atoms with Crippen LogP contribution in [0, 0.1) is 0 Å². The van der Waals surface area contributed by atoms with Crippen molar-refractivity contribution in [3.05, 3.63) is 60.2 Å². The van der Waals surface area contributed by atoms with Gasteiger partial charge in [-0.25, -0.2) is 4.79 Å². The van der Waals surface area contributed by atoms with Crippen LogP contribution in [0.4, 0.5) is 10.5 Å². The third-order valence-electron chi connectivity index (χ3n) is 4.22. The molecule has 29 heavy (non-hydrogen) atoms. The van der Waals surface area contributed by atoms with Crippen LogP contribution in [-0.2, 0) is 25.7 Å². The zero-order valence-electron chi connectivity index (χ0n) is 16.0. The van der Waals surface area contributed by atoms with Gasteiger partial charge in [-0.15, -0.1) is 11.8 Å². The molecule has 2 aromatic carbocycles. The highest BCUT2D eigenvalue weighted by atomic mass is 32.2. The molecule has 8 heteroatoms. The van der Waals surface area contributed by atoms with Gasteiger partial charge in [0, 0.05) is 10.6 Å². The Bertz CT molecular complexity index is 874. The summed E-state index contributed by atoms with van der Waals surface area (Å²) in [5, 5.41) is 2.62. The second kappa shape index (κ2) is 9.97. The minimum absolute atomic E-state index is 0.105. The number of thioether (sulfide) groups is 1. The molecule has 0 saturated carbocycles. The van der Waals surface area contributed by atoms with Crippen molar-refractivity contribution in [2.45, 2.75) is 24.5 Å². The molecule has 2 amide bonds. The van der Waals surface area contributed by atoms with Crippen molar-refractivity contribution < 1.29 is 23.9 Å². The maximum absolute atomic E-state index is 13.1. The number of anilines is 1. The molecule has 0 spiro atoms. The zero-order chi connectivity index (χ0) is 20.6. The third kappa shape index (κ3) is 5.51. The first-order valence-corrected chi connectivity index (χ1v) is 10.2. The molecule has 0 aliphatic carbocycles. The Kier molecular flexibility index (Phi) is 7.13. The summed E-state index contributed by atoms with van der Waals surface area (Å²) in [4.78, 5) is 39.6. The van der Waals surface area contributed by atoms with Gasteiger partial charge in [-0.1, -0.05) is 42.5 Å². The van der Waals surface area contributed by atoms with Crippen molar-refractivity contribution in [3.8, 4) is 0 Å². The molecule has 0 radical (unpaired) electrons. The maximum atomic E-state index is 13.1. The molecular formula is C21H22N2O5S. The van der Waals surface area contributed by atoms with Crippen LogP contribution in [0.3, 0.4) is 0 Å². The Morgan fingerprint density at radius 2 is 1.83 bits per heavy atom. The lowest BCUT2D eigenvalue weighted by Gasteiger charge is -2.24. The van der Waals surface area contributed by atoms with E-state index < -0.39 is 18.1 Å². The van der Waals surface area contributed by atoms with E-state index in [0.717, 1.165) is 10.5 Å². The Hall–Kier alpha value is -3.00. The summed E-state index contributed by atoms with van der Waals surface area (Å²) in [7, 11) is 0. The highest BCUT2D eigenvalue weighted by Gasteiger charge is 2.33. The number of fused-ring (bicyclic) bond motifs is 1. The van der Waals surface area contributed by atoms with Crippen LogP contribution in [0.1, 0.15) is 12.5 Å². The second-order valence-corrected chi connectivity index (χ2v) is 7.33. The number of alkyl carbamates (subject to hydrolysis) is 1. The Morgan fingerprint density at radius 3 is 2.59 bits per heavy atom. The largest absolute Gasteiger partial charge is 0.465 e. The van der Waals surface area contributed by atoms with Gasteiger partial charge >= 0.3 is 12.1 Å². The number of nitrogens with one attached hydrogen (secondary N) is 1. The number of esters is 1. The van der Waals surface area contributed by atoms with E-state index in [2.05, 4.69) is 5.32 Å². The van der Waals surface area contributed by atoms with Crippen LogP contribution < -0.4 is 10.2 Å². The van der Waals surface area contributed by atoms with E-state index in [0.29, 0.717) is 11.4 Å². The standard InChI is InChI=1S/C21H22N2O5S/c1-2-27-19(24)12-23-17-10-6-7-11-18(17)29-14-16(20(23)25)22-21(26)28-13-15-8-4-3-5-9-15/h3-11,16H,2,12-14H2,1H3,(H,22,26). The number of rotatable bonds is 6. The van der Waals surface area contributed by atoms with Crippen molar-refractivity contribution in [1.82, 2.24) is 5.32 Å². The summed E-state index contributed by atoms with van der Waals surface area (Å²) in [5.41, 5.74) is 1.47. The smallest absolute Gasteiger partial charge is 0.408 e. The maximum Gasteiger partial charge on any atom is 0.408 e. The zero-order valence-corrected chi connectivity index (χ0v) is 16.8. The molecule has 0 saturated heterocycles. The van der Waals surface area contributed by atoms with Gasteiger partial charge < -0.3 is 14.8 Å². The lowest BCUT2D eigenvalue weighted by Crippen LogP contribution is -2.50. The number of para-hydroxylation sites is 1. The van der Waals surface area contributed by atoms with Crippen LogP contribution in [0.25, 0.3) is 0 Å². The molecule has 1 aliphatic heterocycles. The van der Waals surface area contributed by atoms with E-state index in [-0.39, 0.29) is 25.7 Å². The molecule has 1 N–H and O–H groups in total. The molecule has 3 rings (SSSR count). The fourth-order valence-corrected chi connectivity index (χ4v) is 3.94. The molecule has 1 heterocycles. The minimum atomic E-state index is -0.829. The van der Waals surface area contributed by atoms with Crippen molar-refractivity contribution in [1.29, 1.82) is 0 Å². The third-order valence-corrected chi connectivity index (χ3v) is 5.38. The molecule has 1 aliphatic rings. The first-order valence-electron chi connectivity index (χ1n) is 9.24. The van der Waals surface area contributed by atoms with Crippen molar-refractivity contribution in [2.24, 2.45) is 0 Å². The van der Waals surface area contributed by atoms with Gasteiger partial charge in [-0.2, -0.15) is 0 Å². The van der Waals surface area contributed by atoms with E-state index in [9.17, 15) is 14.4 Å². The first kappa shape index (κ1) is 20.7. The van der Waals surface area contributed by atoms with Gasteiger partial charge in [0.25, 0.3) is 5.91 Å². The minimum Gasteiger partial charge on any atom is -0.465 e. The number of hydrogen-bond donors (Lipinski definition) is 1. The topological polar surface area (TPSA) is 84.9 Å². The average Bonchev–Trinajstić information content (AvgIpc) is 2.86. The van der Waals surface area contributed by atoms with E-state index >= 15 is 0 Å². The Balaban J connectivity index is 1.70. The number of carbonyl (C=O) groups excluding carboxylic acids is 3. The summed E-state index contributed by atoms with van der Waals surface area (Å²) in [6.07, 6.45) is -0.685. The summed E-state index contributed by atoms with van der Waals surface area (Å²) in [6.45, 7) is 1.82. The highest BCUT2D eigenvalue weighted by molar-refractivity contribution is 7.99. The van der Waals surface area contributed by atoms with Gasteiger partial charge in [0.1, 0.15) is 19.2 Å². The van der Waals surface area contributed by atoms with Gasteiger partial charge in [0.2, 0.25) is 0 Å². The number of carbonyl (C=O) groups is 3. The normalized spacial score (nSPS) is 15.8. The predicted molar refractivity (Wildman–Crippen MR) is 110 cm³/mol. The van der Waals surface area contributed by atoms with Crippen molar-refractivity contribution in [2.75, 3.05) is 23.8 Å².